The summed E-state index contributed by atoms with van der Waals surface area (Å²) in [6.45, 7) is 6.71. The van der Waals surface area contributed by atoms with Crippen LogP contribution in [-0.4, -0.2) is 22.0 Å². The molecule has 4 rings (SSSR count). The average Bonchev–Trinajstić information content (AvgIpc) is 3.39. The van der Waals surface area contributed by atoms with Crippen LogP contribution in [0.3, 0.4) is 0 Å². The van der Waals surface area contributed by atoms with E-state index in [1.807, 2.05) is 0 Å². The van der Waals surface area contributed by atoms with E-state index in [9.17, 15) is 0 Å². The van der Waals surface area contributed by atoms with Crippen LogP contribution < -0.4 is 0 Å². The van der Waals surface area contributed by atoms with Crippen LogP contribution in [0.25, 0.3) is 0 Å². The first-order valence-electron chi connectivity index (χ1n) is 18.1. The lowest BCUT2D eigenvalue weighted by molar-refractivity contribution is -0.00767. The minimum atomic E-state index is -0.149. The first kappa shape index (κ1) is 33.9. The van der Waals surface area contributed by atoms with Gasteiger partial charge in [-0.2, -0.15) is 0 Å². The molecule has 0 N–H and O–H groups in total. The molecule has 2 unspecified atom stereocenters. The van der Waals surface area contributed by atoms with Crippen molar-refractivity contribution >= 4 is 0 Å². The third-order valence-electron chi connectivity index (χ3n) is 9.84. The second-order valence-corrected chi connectivity index (χ2v) is 13.1. The second-order valence-electron chi connectivity index (χ2n) is 13.1. The Morgan fingerprint density at radius 2 is 0.955 bits per heavy atom. The van der Waals surface area contributed by atoms with Gasteiger partial charge in [0.1, 0.15) is 5.66 Å². The van der Waals surface area contributed by atoms with E-state index in [1.165, 1.54) is 107 Å². The van der Waals surface area contributed by atoms with Crippen molar-refractivity contribution in [1.29, 1.82) is 0 Å². The van der Waals surface area contributed by atoms with Crippen molar-refractivity contribution in [3.63, 3.8) is 0 Å². The summed E-state index contributed by atoms with van der Waals surface area (Å²) >= 11 is 0. The van der Waals surface area contributed by atoms with Gasteiger partial charge < -0.3 is 9.80 Å². The zero-order valence-corrected chi connectivity index (χ0v) is 28.0. The summed E-state index contributed by atoms with van der Waals surface area (Å²) in [5.74, 6) is 0.384. The minimum Gasteiger partial charge on any atom is -0.353 e. The highest BCUT2D eigenvalue weighted by atomic mass is 15.4. The number of rotatable bonds is 22. The molecule has 0 fully saturated rings. The molecule has 44 heavy (non-hydrogen) atoms. The molecule has 2 nitrogen and oxygen atoms in total. The summed E-state index contributed by atoms with van der Waals surface area (Å²) in [6, 6.07) is 33.5. The van der Waals surface area contributed by atoms with Crippen molar-refractivity contribution in [2.75, 3.05) is 6.54 Å². The van der Waals surface area contributed by atoms with Gasteiger partial charge in [-0.05, 0) is 29.5 Å². The van der Waals surface area contributed by atoms with Crippen molar-refractivity contribution in [2.24, 2.45) is 0 Å². The van der Waals surface area contributed by atoms with E-state index in [4.69, 9.17) is 0 Å². The average molecular weight is 593 g/mol. The summed E-state index contributed by atoms with van der Waals surface area (Å²) in [5, 5.41) is 0. The summed E-state index contributed by atoms with van der Waals surface area (Å²) < 4.78 is 0. The second kappa shape index (κ2) is 19.4. The van der Waals surface area contributed by atoms with Crippen LogP contribution in [0, 0.1) is 0 Å². The summed E-state index contributed by atoms with van der Waals surface area (Å²) in [5.41, 5.74) is 4.08. The van der Waals surface area contributed by atoms with E-state index in [0.717, 1.165) is 25.9 Å². The largest absolute Gasteiger partial charge is 0.353 e. The first-order chi connectivity index (χ1) is 21.8. The zero-order valence-electron chi connectivity index (χ0n) is 28.0. The van der Waals surface area contributed by atoms with Crippen molar-refractivity contribution < 1.29 is 0 Å². The molecule has 0 saturated heterocycles. The van der Waals surface area contributed by atoms with Crippen LogP contribution in [0.5, 0.6) is 0 Å². The number of hydrogen-bond donors (Lipinski definition) is 0. The lowest BCUT2D eigenvalue weighted by Crippen LogP contribution is -2.59. The topological polar surface area (TPSA) is 6.48 Å². The summed E-state index contributed by atoms with van der Waals surface area (Å²) in [7, 11) is 0. The molecule has 2 heteroatoms. The van der Waals surface area contributed by atoms with Crippen molar-refractivity contribution in [3.8, 4) is 0 Å². The Hall–Kier alpha value is -3.00. The summed E-state index contributed by atoms with van der Waals surface area (Å²) in [6.07, 6.45) is 26.5. The Bertz CT molecular complexity index is 1160. The van der Waals surface area contributed by atoms with Crippen molar-refractivity contribution in [3.05, 3.63) is 120 Å². The van der Waals surface area contributed by atoms with Gasteiger partial charge in [0.15, 0.2) is 0 Å². The molecule has 0 saturated carbocycles. The Kier molecular flexibility index (Phi) is 14.9. The van der Waals surface area contributed by atoms with Gasteiger partial charge in [0, 0.05) is 37.8 Å². The van der Waals surface area contributed by atoms with Crippen LogP contribution in [0.1, 0.15) is 133 Å². The van der Waals surface area contributed by atoms with E-state index >= 15 is 0 Å². The number of benzene rings is 3. The fourth-order valence-electron chi connectivity index (χ4n) is 7.44. The fourth-order valence-corrected chi connectivity index (χ4v) is 7.44. The maximum absolute atomic E-state index is 2.73. The van der Waals surface area contributed by atoms with Gasteiger partial charge in [-0.1, -0.05) is 188 Å². The molecule has 0 aromatic heterocycles. The summed E-state index contributed by atoms with van der Waals surface area (Å²) in [4.78, 5) is 5.39. The molecule has 1 aliphatic heterocycles. The minimum absolute atomic E-state index is 0.149. The molecule has 238 valence electrons. The maximum Gasteiger partial charge on any atom is 0.123 e. The highest BCUT2D eigenvalue weighted by Gasteiger charge is 2.49. The van der Waals surface area contributed by atoms with Crippen LogP contribution in [0.4, 0.5) is 0 Å². The van der Waals surface area contributed by atoms with Gasteiger partial charge in [0.2, 0.25) is 0 Å². The van der Waals surface area contributed by atoms with E-state index in [1.54, 1.807) is 0 Å². The molecule has 3 aromatic rings. The standard InChI is InChI=1S/C42H60N2/c1-3-5-6-7-8-9-10-11-12-13-14-15-16-26-33-43-34-35-44(37-39-29-22-18-23-30-39)42(43,36-38-27-20-17-21-28-38)41(4-2)40-31-24-19-25-32-40/h17-25,27-32,34-35,41H,3-16,26,33,36-37H2,1-2H3. The molecule has 2 atom stereocenters. The molecule has 1 aliphatic rings. The van der Waals surface area contributed by atoms with Crippen LogP contribution in [-0.2, 0) is 13.0 Å². The molecule has 0 radical (unpaired) electrons. The molecule has 0 amide bonds. The van der Waals surface area contributed by atoms with E-state index in [0.29, 0.717) is 5.92 Å². The Morgan fingerprint density at radius 3 is 1.48 bits per heavy atom. The molecule has 0 bridgehead atoms. The van der Waals surface area contributed by atoms with Gasteiger partial charge in [-0.15, -0.1) is 0 Å². The van der Waals surface area contributed by atoms with Gasteiger partial charge in [0.25, 0.3) is 0 Å². The SMILES string of the molecule is CCCCCCCCCCCCCCCCN1C=CN(Cc2ccccc2)C1(Cc1ccccc1)C(CC)c1ccccc1. The Morgan fingerprint density at radius 1 is 0.500 bits per heavy atom. The third kappa shape index (κ3) is 10.0. The van der Waals surface area contributed by atoms with E-state index in [-0.39, 0.29) is 5.66 Å². The maximum atomic E-state index is 2.73. The molecular formula is C42H60N2. The van der Waals surface area contributed by atoms with Gasteiger partial charge in [-0.25, -0.2) is 0 Å². The molecule has 0 aliphatic carbocycles. The quantitative estimate of drug-likeness (QED) is 0.107. The van der Waals surface area contributed by atoms with Crippen LogP contribution in [0.15, 0.2) is 103 Å². The highest BCUT2D eigenvalue weighted by Crippen LogP contribution is 2.45. The number of nitrogens with zero attached hydrogens (tertiary/aromatic N) is 2. The van der Waals surface area contributed by atoms with Crippen LogP contribution >= 0.6 is 0 Å². The van der Waals surface area contributed by atoms with Gasteiger partial charge in [-0.3, -0.25) is 0 Å². The van der Waals surface area contributed by atoms with E-state index < -0.39 is 0 Å². The molecule has 1 heterocycles. The molecule has 0 spiro atoms. The monoisotopic (exact) mass is 592 g/mol. The van der Waals surface area contributed by atoms with Gasteiger partial charge >= 0.3 is 0 Å². The highest BCUT2D eigenvalue weighted by molar-refractivity contribution is 5.31. The zero-order chi connectivity index (χ0) is 30.7. The third-order valence-corrected chi connectivity index (χ3v) is 9.84. The van der Waals surface area contributed by atoms with Crippen molar-refractivity contribution in [2.45, 2.75) is 135 Å². The van der Waals surface area contributed by atoms with Crippen LogP contribution in [0.2, 0.25) is 0 Å². The number of unbranched alkanes of at least 4 members (excludes halogenated alkanes) is 13. The van der Waals surface area contributed by atoms with E-state index in [2.05, 4.69) is 127 Å². The molecule has 3 aromatic carbocycles. The Balaban J connectivity index is 1.39. The number of hydrogen-bond acceptors (Lipinski definition) is 2. The van der Waals surface area contributed by atoms with Crippen molar-refractivity contribution in [1.82, 2.24) is 9.80 Å². The van der Waals surface area contributed by atoms with Gasteiger partial charge in [0.05, 0.1) is 0 Å². The fraction of sp³-hybridized carbons (Fsp3) is 0.524. The lowest BCUT2D eigenvalue weighted by atomic mass is 9.78. The smallest absolute Gasteiger partial charge is 0.123 e. The lowest BCUT2D eigenvalue weighted by Gasteiger charge is -2.51. The Labute approximate surface area is 270 Å². The predicted octanol–water partition coefficient (Wildman–Crippen LogP) is 11.9. The molecular weight excluding hydrogens is 532 g/mol. The predicted molar refractivity (Wildman–Crippen MR) is 190 cm³/mol. The normalized spacial score (nSPS) is 17.0. The first-order valence-corrected chi connectivity index (χ1v) is 18.1.